The van der Waals surface area contributed by atoms with Crippen LogP contribution in [0, 0.1) is 18.7 Å². The molecule has 2 atom stereocenters. The Morgan fingerprint density at radius 3 is 2.86 bits per heavy atom. The van der Waals surface area contributed by atoms with Crippen molar-refractivity contribution in [2.75, 3.05) is 6.61 Å². The molecule has 0 bridgehead atoms. The highest BCUT2D eigenvalue weighted by atomic mass is 19.1. The number of hydrogen-bond acceptors (Lipinski definition) is 3. The molecule has 3 N–H and O–H groups in total. The maximum absolute atomic E-state index is 14.4. The maximum atomic E-state index is 14.4. The van der Waals surface area contributed by atoms with Gasteiger partial charge in [0.05, 0.1) is 11.6 Å². The van der Waals surface area contributed by atoms with Crippen molar-refractivity contribution in [2.45, 2.75) is 57.1 Å². The quantitative estimate of drug-likeness (QED) is 0.663. The Balaban J connectivity index is 1.84. The van der Waals surface area contributed by atoms with Crippen molar-refractivity contribution in [1.29, 1.82) is 0 Å². The number of ether oxygens (including phenoxy) is 1. The van der Waals surface area contributed by atoms with Crippen LogP contribution in [0.4, 0.5) is 4.39 Å². The fourth-order valence-electron chi connectivity index (χ4n) is 4.11. The van der Waals surface area contributed by atoms with E-state index in [9.17, 15) is 4.39 Å². The van der Waals surface area contributed by atoms with E-state index in [0.717, 1.165) is 32.3 Å². The summed E-state index contributed by atoms with van der Waals surface area (Å²) < 4.78 is 20.5. The summed E-state index contributed by atoms with van der Waals surface area (Å²) in [4.78, 5) is 0. The van der Waals surface area contributed by atoms with Crippen LogP contribution >= 0.6 is 0 Å². The largest absolute Gasteiger partial charge is 0.375 e. The molecule has 0 amide bonds. The van der Waals surface area contributed by atoms with E-state index in [-0.39, 0.29) is 17.5 Å². The van der Waals surface area contributed by atoms with Crippen LogP contribution < -0.4 is 11.3 Å². The molecule has 1 heterocycles. The molecule has 2 unspecified atom stereocenters. The maximum Gasteiger partial charge on any atom is 0.130 e. The number of halogens is 1. The van der Waals surface area contributed by atoms with Crippen LogP contribution in [0.5, 0.6) is 0 Å². The molecular weight excluding hydrogens is 267 g/mol. The molecule has 4 heteroatoms. The molecule has 1 aromatic rings. The predicted molar refractivity (Wildman–Crippen MR) is 81.1 cm³/mol. The van der Waals surface area contributed by atoms with Crippen molar-refractivity contribution in [2.24, 2.45) is 11.8 Å². The van der Waals surface area contributed by atoms with Gasteiger partial charge in [0, 0.05) is 12.2 Å². The molecule has 2 aliphatic rings. The highest BCUT2D eigenvalue weighted by Gasteiger charge is 2.42. The van der Waals surface area contributed by atoms with Gasteiger partial charge in [-0.1, -0.05) is 31.0 Å². The first kappa shape index (κ1) is 14.9. The van der Waals surface area contributed by atoms with Crippen LogP contribution in [0.15, 0.2) is 18.2 Å². The van der Waals surface area contributed by atoms with Gasteiger partial charge in [-0.05, 0) is 44.1 Å². The second-order valence-corrected chi connectivity index (χ2v) is 6.61. The minimum absolute atomic E-state index is 0.0261. The molecule has 0 radical (unpaired) electrons. The van der Waals surface area contributed by atoms with Crippen molar-refractivity contribution in [3.05, 3.63) is 35.1 Å². The highest BCUT2D eigenvalue weighted by molar-refractivity contribution is 5.28. The molecule has 1 saturated heterocycles. The van der Waals surface area contributed by atoms with E-state index in [1.807, 2.05) is 12.1 Å². The predicted octanol–water partition coefficient (Wildman–Crippen LogP) is 3.38. The van der Waals surface area contributed by atoms with Gasteiger partial charge in [0.1, 0.15) is 5.82 Å². The fraction of sp³-hybridized carbons (Fsp3) is 0.647. The number of hydrogen-bond donors (Lipinski definition) is 2. The van der Waals surface area contributed by atoms with E-state index in [2.05, 4.69) is 5.43 Å². The molecule has 3 nitrogen and oxygen atoms in total. The van der Waals surface area contributed by atoms with E-state index >= 15 is 0 Å². The monoisotopic (exact) mass is 292 g/mol. The summed E-state index contributed by atoms with van der Waals surface area (Å²) in [6, 6.07) is 5.42. The normalized spacial score (nSPS) is 26.1. The Bertz CT molecular complexity index is 500. The Kier molecular flexibility index (Phi) is 4.29. The van der Waals surface area contributed by atoms with Crippen molar-refractivity contribution >= 4 is 0 Å². The van der Waals surface area contributed by atoms with E-state index in [1.165, 1.54) is 12.8 Å². The third kappa shape index (κ3) is 2.85. The molecule has 116 valence electrons. The summed E-state index contributed by atoms with van der Waals surface area (Å²) in [5, 5.41) is 0. The molecule has 21 heavy (non-hydrogen) atoms. The molecule has 0 aromatic heterocycles. The van der Waals surface area contributed by atoms with E-state index < -0.39 is 0 Å². The smallest absolute Gasteiger partial charge is 0.130 e. The molecule has 1 saturated carbocycles. The summed E-state index contributed by atoms with van der Waals surface area (Å²) in [5.41, 5.74) is 4.26. The van der Waals surface area contributed by atoms with Crippen LogP contribution in [0.3, 0.4) is 0 Å². The lowest BCUT2D eigenvalue weighted by molar-refractivity contribution is -0.0983. The summed E-state index contributed by atoms with van der Waals surface area (Å²) in [6.07, 6.45) is 6.67. The minimum atomic E-state index is -0.133. The first-order chi connectivity index (χ1) is 10.2. The van der Waals surface area contributed by atoms with Crippen LogP contribution in [0.25, 0.3) is 0 Å². The second kappa shape index (κ2) is 6.03. The van der Waals surface area contributed by atoms with Gasteiger partial charge >= 0.3 is 0 Å². The zero-order chi connectivity index (χ0) is 14.9. The number of hydrazine groups is 1. The standard InChI is InChI=1S/C17H25FN2O/c1-12-5-4-6-14(15(12)18)16(20-19)13-7-10-21-17(11-13)8-2-3-9-17/h4-6,13,16,20H,2-3,7-11,19H2,1H3. The number of nitrogens with one attached hydrogen (secondary N) is 1. The average Bonchev–Trinajstić information content (AvgIpc) is 2.92. The van der Waals surface area contributed by atoms with Crippen molar-refractivity contribution in [3.8, 4) is 0 Å². The van der Waals surface area contributed by atoms with E-state index in [1.54, 1.807) is 13.0 Å². The lowest BCUT2D eigenvalue weighted by atomic mass is 9.78. The zero-order valence-corrected chi connectivity index (χ0v) is 12.7. The first-order valence-corrected chi connectivity index (χ1v) is 8.00. The molecular formula is C17H25FN2O. The van der Waals surface area contributed by atoms with Gasteiger partial charge in [-0.3, -0.25) is 11.3 Å². The van der Waals surface area contributed by atoms with Gasteiger partial charge in [0.15, 0.2) is 0 Å². The van der Waals surface area contributed by atoms with E-state index in [0.29, 0.717) is 17.0 Å². The van der Waals surface area contributed by atoms with Crippen molar-refractivity contribution in [1.82, 2.24) is 5.43 Å². The van der Waals surface area contributed by atoms with Gasteiger partial charge in [-0.25, -0.2) is 4.39 Å². The number of aryl methyl sites for hydroxylation is 1. The lowest BCUT2D eigenvalue weighted by Gasteiger charge is -2.41. The third-order valence-corrected chi connectivity index (χ3v) is 5.25. The molecule has 1 aliphatic carbocycles. The SMILES string of the molecule is Cc1cccc(C(NN)C2CCOC3(CCCC3)C2)c1F. The Morgan fingerprint density at radius 2 is 2.14 bits per heavy atom. The van der Waals surface area contributed by atoms with Gasteiger partial charge in [0.2, 0.25) is 0 Å². The zero-order valence-electron chi connectivity index (χ0n) is 12.7. The summed E-state index contributed by atoms with van der Waals surface area (Å²) in [6.45, 7) is 2.56. The highest BCUT2D eigenvalue weighted by Crippen LogP contribution is 2.45. The van der Waals surface area contributed by atoms with Crippen LogP contribution in [0.2, 0.25) is 0 Å². The Hall–Kier alpha value is -0.970. The van der Waals surface area contributed by atoms with Gasteiger partial charge in [-0.15, -0.1) is 0 Å². The summed E-state index contributed by atoms with van der Waals surface area (Å²) >= 11 is 0. The molecule has 1 aromatic carbocycles. The molecule has 1 aliphatic heterocycles. The Morgan fingerprint density at radius 1 is 1.38 bits per heavy atom. The minimum Gasteiger partial charge on any atom is -0.375 e. The van der Waals surface area contributed by atoms with Gasteiger partial charge < -0.3 is 4.74 Å². The molecule has 3 rings (SSSR count). The van der Waals surface area contributed by atoms with Crippen LogP contribution in [0.1, 0.15) is 55.7 Å². The lowest BCUT2D eigenvalue weighted by Crippen LogP contribution is -2.43. The second-order valence-electron chi connectivity index (χ2n) is 6.61. The average molecular weight is 292 g/mol. The van der Waals surface area contributed by atoms with Gasteiger partial charge in [-0.2, -0.15) is 0 Å². The third-order valence-electron chi connectivity index (χ3n) is 5.25. The molecule has 1 spiro atoms. The number of nitrogens with two attached hydrogens (primary N) is 1. The van der Waals surface area contributed by atoms with E-state index in [4.69, 9.17) is 10.6 Å². The van der Waals surface area contributed by atoms with Crippen molar-refractivity contribution in [3.63, 3.8) is 0 Å². The topological polar surface area (TPSA) is 47.3 Å². The first-order valence-electron chi connectivity index (χ1n) is 8.00. The fourth-order valence-corrected chi connectivity index (χ4v) is 4.11. The van der Waals surface area contributed by atoms with Crippen LogP contribution in [-0.4, -0.2) is 12.2 Å². The van der Waals surface area contributed by atoms with Crippen LogP contribution in [-0.2, 0) is 4.74 Å². The van der Waals surface area contributed by atoms with Gasteiger partial charge in [0.25, 0.3) is 0 Å². The van der Waals surface area contributed by atoms with Crippen molar-refractivity contribution < 1.29 is 9.13 Å². The Labute approximate surface area is 126 Å². The molecule has 2 fully saturated rings. The number of rotatable bonds is 3. The number of benzene rings is 1. The summed E-state index contributed by atoms with van der Waals surface area (Å²) in [5.74, 6) is 5.98. The summed E-state index contributed by atoms with van der Waals surface area (Å²) in [7, 11) is 0.